The molecule has 0 aliphatic rings. The van der Waals surface area contributed by atoms with E-state index in [-0.39, 0.29) is 44.1 Å². The first-order valence-corrected chi connectivity index (χ1v) is 45.1. The van der Waals surface area contributed by atoms with Crippen LogP contribution in [0.15, 0.2) is 195 Å². The van der Waals surface area contributed by atoms with Crippen LogP contribution >= 0.6 is 34.0 Å². The van der Waals surface area contributed by atoms with Crippen molar-refractivity contribution in [1.82, 2.24) is 60.3 Å². The van der Waals surface area contributed by atoms with Crippen LogP contribution in [0.25, 0.3) is 42.6 Å². The van der Waals surface area contributed by atoms with Crippen LogP contribution in [0.3, 0.4) is 0 Å². The van der Waals surface area contributed by atoms with E-state index in [1.807, 2.05) is 139 Å². The molecule has 20 radical (unpaired) electrons. The van der Waals surface area contributed by atoms with Crippen molar-refractivity contribution in [2.24, 2.45) is 10.8 Å². The molecule has 0 bridgehead atoms. The third-order valence-electron chi connectivity index (χ3n) is 14.2. The van der Waals surface area contributed by atoms with Crippen molar-refractivity contribution in [2.75, 3.05) is 0 Å². The zero-order valence-corrected chi connectivity index (χ0v) is 87.4. The van der Waals surface area contributed by atoms with Gasteiger partial charge in [-0.05, 0) is 118 Å². The van der Waals surface area contributed by atoms with E-state index in [0.29, 0.717) is 31.8 Å². The van der Waals surface area contributed by atoms with Crippen molar-refractivity contribution in [3.8, 4) is 0 Å². The Kier molecular flexibility index (Phi) is 65.4. The molecule has 0 saturated carbocycles. The van der Waals surface area contributed by atoms with Crippen LogP contribution in [-0.2, 0) is 37.9 Å². The van der Waals surface area contributed by atoms with E-state index < -0.39 is 0 Å². The number of nitrogens with one attached hydrogen (secondary N) is 1. The van der Waals surface area contributed by atoms with Gasteiger partial charge in [-0.15, -0.1) is 34.0 Å². The minimum atomic E-state index is -0.0197. The van der Waals surface area contributed by atoms with Gasteiger partial charge in [0.05, 0.1) is 82.3 Å². The van der Waals surface area contributed by atoms with Gasteiger partial charge >= 0.3 is 0 Å². The van der Waals surface area contributed by atoms with Gasteiger partial charge in [-0.25, -0.2) is 24.9 Å². The predicted octanol–water partition coefficient (Wildman–Crippen LogP) is 23.6. The number of thiazole rings is 3. The molecular formula is C99H148B10N12O3S3. The lowest BCUT2D eigenvalue weighted by molar-refractivity contribution is 0.411. The fourth-order valence-corrected chi connectivity index (χ4v) is 10.5. The van der Waals surface area contributed by atoms with Crippen LogP contribution in [0.2, 0.25) is 34.1 Å². The highest BCUT2D eigenvalue weighted by Crippen LogP contribution is 2.32. The molecular weight excluding hydrogens is 1610 g/mol. The lowest BCUT2D eigenvalue weighted by atomic mass is 9.87. The van der Waals surface area contributed by atoms with Crippen LogP contribution in [0, 0.1) is 17.8 Å². The summed E-state index contributed by atoms with van der Waals surface area (Å²) in [5.41, 5.74) is 13.8. The molecule has 1 N–H and O–H groups in total. The molecule has 127 heavy (non-hydrogen) atoms. The highest BCUT2D eigenvalue weighted by atomic mass is 32.1. The van der Waals surface area contributed by atoms with Crippen molar-refractivity contribution >= 4 is 182 Å². The Morgan fingerprint density at radius 1 is 0.346 bits per heavy atom. The Balaban J connectivity index is -0.000000425. The number of pyridine rings is 1. The third-order valence-corrected chi connectivity index (χ3v) is 17.1. The number of aromatic amines is 1. The summed E-state index contributed by atoms with van der Waals surface area (Å²) in [6, 6.07) is 48.8. The molecule has 0 saturated heterocycles. The summed E-state index contributed by atoms with van der Waals surface area (Å²) >= 11 is 4.77. The standard InChI is InChI=1S/C11H12BNO.C11H13NO.C11H13NS.C10H14.C9H13N.C8H6BNS.C8H12N2.C6H10BN3.2C5H12.C3H2BNO.C3H2BNS.2C2H6.5CH3B/c1-11(2,3)7-4-5-9-8(6-7)13-10(12)14-9;2*1-11(2,3)10-12-8-6-4-5-7-9(8)13-10;1-10(2,3)9-7-5-4-6-8-9;1-9(2,3)8-6-4-5-7-10-8;1-5-2-3-7-6(4-5)10-8(9)11-7;1-8(2,3)7-5-4-6-9-10-7;1-6(2,3)4-8-5(7)10-9-4;2*1-5(2,3)4;2*4-3-5-1-2-6-3;7*1-2/h4-6H,1-3H3;2*4-7H,1-3H3;4-8H,1-3H3;4-7H,1-3H3;2-4H,1H3;4-6H,1-3H3;1-3H3,(H,8,9,10);2*1-4H3;2*1-2H;2*1-2H3;5*1H3. The van der Waals surface area contributed by atoms with Crippen molar-refractivity contribution in [2.45, 2.75) is 307 Å². The van der Waals surface area contributed by atoms with E-state index >= 15 is 0 Å². The second-order valence-electron chi connectivity index (χ2n) is 37.0. The van der Waals surface area contributed by atoms with Gasteiger partial charge in [0.2, 0.25) is 5.89 Å². The smallest absolute Gasteiger partial charge is 0.200 e. The second kappa shape index (κ2) is 65.3. The Labute approximate surface area is 795 Å². The molecule has 0 unspecified atom stereocenters. The first kappa shape index (κ1) is 127. The lowest BCUT2D eigenvalue weighted by Gasteiger charge is -2.18. The third kappa shape index (κ3) is 61.0. The summed E-state index contributed by atoms with van der Waals surface area (Å²) in [7, 11) is 49.1. The highest BCUT2D eigenvalue weighted by molar-refractivity contribution is 7.25. The molecule has 14 aromatic rings. The number of H-pyrrole nitrogens is 1. The quantitative estimate of drug-likeness (QED) is 0.141. The van der Waals surface area contributed by atoms with Gasteiger partial charge in [-0.1, -0.05) is 335 Å². The second-order valence-corrected chi connectivity index (χ2v) is 40.0. The zero-order valence-electron chi connectivity index (χ0n) is 85.0. The fourth-order valence-electron chi connectivity index (χ4n) is 8.38. The Bertz CT molecular complexity index is 4620. The summed E-state index contributed by atoms with van der Waals surface area (Å²) in [5, 5.41) is 17.4. The normalized spacial score (nSPS) is 10.5. The number of benzene rings is 5. The minimum Gasteiger partial charge on any atom is -0.461 e. The molecule has 0 amide bonds. The number of hydrogen-bond donors (Lipinski definition) is 1. The maximum absolute atomic E-state index is 5.62. The van der Waals surface area contributed by atoms with E-state index in [1.165, 1.54) is 95.6 Å². The summed E-state index contributed by atoms with van der Waals surface area (Å²) < 4.78 is 17.8. The monoisotopic (exact) mass is 1760 g/mol. The van der Waals surface area contributed by atoms with Crippen LogP contribution in [0.4, 0.5) is 0 Å². The Hall–Kier alpha value is -8.32. The van der Waals surface area contributed by atoms with Crippen molar-refractivity contribution < 1.29 is 13.3 Å². The average Bonchev–Trinajstić information content (AvgIpc) is 1.70. The number of para-hydroxylation sites is 3. The molecule has 0 spiro atoms. The largest absolute Gasteiger partial charge is 0.461 e. The Morgan fingerprint density at radius 2 is 0.843 bits per heavy atom. The van der Waals surface area contributed by atoms with Crippen LogP contribution in [0.5, 0.6) is 0 Å². The summed E-state index contributed by atoms with van der Waals surface area (Å²) in [5.74, 6) is 2.00. The van der Waals surface area contributed by atoms with Crippen molar-refractivity contribution in [1.29, 1.82) is 0 Å². The van der Waals surface area contributed by atoms with Gasteiger partial charge < -0.3 is 13.3 Å². The highest BCUT2D eigenvalue weighted by Gasteiger charge is 2.22. The number of nitrogens with zero attached hydrogens (tertiary/aromatic N) is 11. The number of aryl methyl sites for hydroxylation is 1. The number of hydrogen-bond acceptors (Lipinski definition) is 17. The summed E-state index contributed by atoms with van der Waals surface area (Å²) in [6.45, 7) is 80.1. The van der Waals surface area contributed by atoms with Crippen molar-refractivity contribution in [3.63, 3.8) is 0 Å². The van der Waals surface area contributed by atoms with E-state index in [4.69, 9.17) is 48.1 Å². The van der Waals surface area contributed by atoms with Crippen LogP contribution in [0.1, 0.15) is 273 Å². The molecule has 5 aromatic carbocycles. The van der Waals surface area contributed by atoms with E-state index in [1.54, 1.807) is 23.7 Å². The maximum atomic E-state index is 5.62. The van der Waals surface area contributed by atoms with Crippen LogP contribution < -0.4 is 27.1 Å². The van der Waals surface area contributed by atoms with E-state index in [9.17, 15) is 0 Å². The van der Waals surface area contributed by atoms with Crippen molar-refractivity contribution in [3.05, 3.63) is 227 Å². The fraction of sp³-hybridized carbons (Fsp3) is 0.485. The van der Waals surface area contributed by atoms with E-state index in [2.05, 4.69) is 358 Å². The number of fused-ring (bicyclic) bond motifs is 4. The molecule has 0 atom stereocenters. The average molecular weight is 1760 g/mol. The molecule has 15 nitrogen and oxygen atoms in total. The first-order valence-electron chi connectivity index (χ1n) is 42.6. The summed E-state index contributed by atoms with van der Waals surface area (Å²) in [4.78, 5) is 34.1. The van der Waals surface area contributed by atoms with Crippen LogP contribution in [-0.4, -0.2) is 139 Å². The van der Waals surface area contributed by atoms with Gasteiger partial charge in [0.1, 0.15) is 28.9 Å². The molecule has 670 valence electrons. The van der Waals surface area contributed by atoms with Gasteiger partial charge in [-0.3, -0.25) is 20.1 Å². The topological polar surface area (TPSA) is 197 Å². The van der Waals surface area contributed by atoms with E-state index in [0.717, 1.165) is 61.0 Å². The molecule has 9 heterocycles. The van der Waals surface area contributed by atoms with Gasteiger partial charge in [0.25, 0.3) is 0 Å². The number of aromatic nitrogens is 12. The molecule has 0 aliphatic heterocycles. The molecule has 28 heteroatoms. The molecule has 9 aromatic heterocycles. The molecule has 0 aliphatic carbocycles. The molecule has 0 fully saturated rings. The first-order chi connectivity index (χ1) is 59.0. The van der Waals surface area contributed by atoms with Gasteiger partial charge in [-0.2, -0.15) is 15.3 Å². The zero-order chi connectivity index (χ0) is 99.6. The summed E-state index contributed by atoms with van der Waals surface area (Å²) in [6.07, 6.45) is 8.13. The minimum absolute atomic E-state index is 0.0149. The maximum Gasteiger partial charge on any atom is 0.200 e. The number of rotatable bonds is 0. The Morgan fingerprint density at radius 3 is 1.20 bits per heavy atom. The van der Waals surface area contributed by atoms with Gasteiger partial charge in [0.15, 0.2) is 56.2 Å². The SMILES string of the molecule is CC.CC.CC(C)(C)C.CC(C)(C)C.CC(C)(C)c1ccccc1.CC(C)(C)c1ccccn1.CC(C)(C)c1cccnn1.CC(C)(C)c1nc2ccccc2o1.CC(C)(C)c1nc2ccccc2s1.[B]C.[B]C.[B]C.[B]C.[B]C.[B]c1nc(C(C)(C)C)n[nH]1.[B]c1nc2cc(C(C)(C)C)ccc2o1.[B]c1nc2cc(C)ccc2s1.[B]c1ncco1.[B]c1nccs1. The molecule has 14 rings (SSSR count). The lowest BCUT2D eigenvalue weighted by Crippen LogP contribution is -2.15. The number of oxazole rings is 3. The predicted molar refractivity (Wildman–Crippen MR) is 569 cm³/mol. The van der Waals surface area contributed by atoms with Gasteiger partial charge in [0, 0.05) is 66.6 Å².